The zero-order chi connectivity index (χ0) is 62.2. The minimum absolute atomic E-state index is 0.104. The molecule has 0 spiro atoms. The van der Waals surface area contributed by atoms with Crippen molar-refractivity contribution in [3.8, 4) is 0 Å². The Labute approximate surface area is 511 Å². The van der Waals surface area contributed by atoms with E-state index in [1.165, 1.54) is 128 Å². The average molecular weight is 1240 g/mol. The van der Waals surface area contributed by atoms with E-state index < -0.39 is 97.5 Å². The van der Waals surface area contributed by atoms with Crippen LogP contribution in [-0.4, -0.2) is 96.7 Å². The van der Waals surface area contributed by atoms with Gasteiger partial charge in [-0.05, 0) is 37.5 Å². The SMILES string of the molecule is CCCCCCCCCCCCCCC(=O)OC[C@H](COP(=O)(O)OC[C@@H](O)COP(=O)(O)OC[C@@H](COC(=O)CCCCCCCCC)OC(=O)CCCCCCCCCCC(C)C)OC(=O)CCCCCCCCCCCCC(C)CC. The average Bonchev–Trinajstić information content (AvgIpc) is 3.49. The Kier molecular flexibility index (Phi) is 56.2. The normalized spacial score (nSPS) is 14.6. The molecular weight excluding hydrogens is 1110 g/mol. The number of rotatable bonds is 64. The summed E-state index contributed by atoms with van der Waals surface area (Å²) < 4.78 is 68.0. The van der Waals surface area contributed by atoms with Crippen LogP contribution in [0.2, 0.25) is 0 Å². The van der Waals surface area contributed by atoms with Gasteiger partial charge in [0.25, 0.3) is 0 Å². The molecule has 17 nitrogen and oxygen atoms in total. The van der Waals surface area contributed by atoms with Gasteiger partial charge in [-0.2, -0.15) is 0 Å². The van der Waals surface area contributed by atoms with E-state index in [9.17, 15) is 43.2 Å². The first-order chi connectivity index (χ1) is 40.4. The van der Waals surface area contributed by atoms with Crippen molar-refractivity contribution in [3.05, 3.63) is 0 Å². The molecule has 84 heavy (non-hydrogen) atoms. The number of phosphoric ester groups is 2. The Morgan fingerprint density at radius 3 is 0.905 bits per heavy atom. The Morgan fingerprint density at radius 2 is 0.607 bits per heavy atom. The maximum absolute atomic E-state index is 13.0. The standard InChI is InChI=1S/C65H126O17P2/c1-7-10-12-14-16-17-18-19-23-30-36-42-48-63(68)76-54-61(81-64(69)49-43-37-31-24-21-20-22-29-34-40-46-58(6)9-3)56-80-84(73,74)78-52-59(66)51-77-83(71,72)79-55-60(53-75-62(67)47-41-35-27-15-13-11-8-2)82-65(70)50-44-38-32-26-25-28-33-39-45-57(4)5/h57-61,66H,7-56H2,1-6H3,(H,71,72)(H,73,74)/t58?,59-,60+,61+/m0/s1. The predicted molar refractivity (Wildman–Crippen MR) is 335 cm³/mol. The predicted octanol–water partition coefficient (Wildman–Crippen LogP) is 18.0. The van der Waals surface area contributed by atoms with E-state index in [0.717, 1.165) is 115 Å². The van der Waals surface area contributed by atoms with Crippen molar-refractivity contribution in [2.45, 2.75) is 342 Å². The van der Waals surface area contributed by atoms with Gasteiger partial charge in [0, 0.05) is 25.7 Å². The van der Waals surface area contributed by atoms with E-state index in [1.807, 2.05) is 0 Å². The van der Waals surface area contributed by atoms with E-state index in [1.54, 1.807) is 0 Å². The lowest BCUT2D eigenvalue weighted by atomic mass is 9.99. The number of hydrogen-bond acceptors (Lipinski definition) is 15. The number of ether oxygens (including phenoxy) is 4. The molecule has 0 saturated heterocycles. The summed E-state index contributed by atoms with van der Waals surface area (Å²) in [5.74, 6) is -0.615. The lowest BCUT2D eigenvalue weighted by Crippen LogP contribution is -2.30. The highest BCUT2D eigenvalue weighted by atomic mass is 31.2. The van der Waals surface area contributed by atoms with E-state index in [-0.39, 0.29) is 25.7 Å². The minimum atomic E-state index is -4.95. The molecule has 0 aromatic rings. The van der Waals surface area contributed by atoms with Gasteiger partial charge in [-0.3, -0.25) is 37.3 Å². The number of aliphatic hydroxyl groups is 1. The summed E-state index contributed by atoms with van der Waals surface area (Å²) in [6.07, 6.45) is 40.3. The minimum Gasteiger partial charge on any atom is -0.462 e. The van der Waals surface area contributed by atoms with Gasteiger partial charge < -0.3 is 33.8 Å². The van der Waals surface area contributed by atoms with Crippen LogP contribution in [0.3, 0.4) is 0 Å². The van der Waals surface area contributed by atoms with E-state index in [0.29, 0.717) is 25.7 Å². The lowest BCUT2D eigenvalue weighted by Gasteiger charge is -2.21. The molecule has 3 N–H and O–H groups in total. The Bertz CT molecular complexity index is 1650. The first-order valence-corrected chi connectivity index (χ1v) is 37.0. The van der Waals surface area contributed by atoms with Crippen LogP contribution in [0, 0.1) is 11.8 Å². The van der Waals surface area contributed by atoms with Crippen molar-refractivity contribution in [1.29, 1.82) is 0 Å². The zero-order valence-corrected chi connectivity index (χ0v) is 56.0. The van der Waals surface area contributed by atoms with Crippen LogP contribution in [0.5, 0.6) is 0 Å². The highest BCUT2D eigenvalue weighted by molar-refractivity contribution is 7.47. The van der Waals surface area contributed by atoms with Crippen molar-refractivity contribution in [3.63, 3.8) is 0 Å². The van der Waals surface area contributed by atoms with Crippen LogP contribution in [0.15, 0.2) is 0 Å². The Balaban J connectivity index is 5.23. The monoisotopic (exact) mass is 1240 g/mol. The van der Waals surface area contributed by atoms with Crippen molar-refractivity contribution >= 4 is 39.5 Å². The van der Waals surface area contributed by atoms with Gasteiger partial charge in [-0.25, -0.2) is 9.13 Å². The zero-order valence-electron chi connectivity index (χ0n) is 54.2. The second-order valence-corrected chi connectivity index (χ2v) is 27.1. The number of phosphoric acid groups is 2. The van der Waals surface area contributed by atoms with Crippen LogP contribution >= 0.6 is 15.6 Å². The summed E-state index contributed by atoms with van der Waals surface area (Å²) in [5, 5.41) is 10.5. The van der Waals surface area contributed by atoms with Gasteiger partial charge in [0.2, 0.25) is 0 Å². The molecule has 19 heteroatoms. The first-order valence-electron chi connectivity index (χ1n) is 34.0. The van der Waals surface area contributed by atoms with Crippen molar-refractivity contribution in [1.82, 2.24) is 0 Å². The van der Waals surface area contributed by atoms with Gasteiger partial charge in [0.05, 0.1) is 26.4 Å². The first kappa shape index (κ1) is 82.1. The summed E-state index contributed by atoms with van der Waals surface area (Å²) >= 11 is 0. The molecule has 6 atom stereocenters. The maximum Gasteiger partial charge on any atom is 0.472 e. The molecule has 0 rings (SSSR count). The van der Waals surface area contributed by atoms with Crippen molar-refractivity contribution in [2.75, 3.05) is 39.6 Å². The number of carbonyl (C=O) groups is 4. The number of aliphatic hydroxyl groups excluding tert-OH is 1. The largest absolute Gasteiger partial charge is 0.472 e. The number of unbranched alkanes of at least 4 members (excludes halogenated alkanes) is 33. The third kappa shape index (κ3) is 57.8. The number of carbonyl (C=O) groups excluding carboxylic acids is 4. The smallest absolute Gasteiger partial charge is 0.462 e. The molecule has 3 unspecified atom stereocenters. The highest BCUT2D eigenvalue weighted by Gasteiger charge is 2.30. The molecule has 0 saturated carbocycles. The summed E-state index contributed by atoms with van der Waals surface area (Å²) in [6.45, 7) is 9.45. The van der Waals surface area contributed by atoms with Crippen LogP contribution in [0.25, 0.3) is 0 Å². The molecule has 0 bridgehead atoms. The van der Waals surface area contributed by atoms with E-state index in [2.05, 4.69) is 41.5 Å². The summed E-state index contributed by atoms with van der Waals surface area (Å²) in [5.41, 5.74) is 0. The maximum atomic E-state index is 13.0. The van der Waals surface area contributed by atoms with Crippen LogP contribution in [0.4, 0.5) is 0 Å². The molecule has 0 aliphatic carbocycles. The van der Waals surface area contributed by atoms with Gasteiger partial charge in [0.1, 0.15) is 19.3 Å². The molecular formula is C65H126O17P2. The van der Waals surface area contributed by atoms with E-state index in [4.69, 9.17) is 37.0 Å². The molecule has 0 radical (unpaired) electrons. The summed E-state index contributed by atoms with van der Waals surface area (Å²) in [7, 11) is -9.89. The van der Waals surface area contributed by atoms with Crippen LogP contribution < -0.4 is 0 Å². The molecule has 0 amide bonds. The summed E-state index contributed by atoms with van der Waals surface area (Å²) in [6, 6.07) is 0. The van der Waals surface area contributed by atoms with Gasteiger partial charge in [-0.1, -0.05) is 273 Å². The van der Waals surface area contributed by atoms with Crippen molar-refractivity contribution in [2.24, 2.45) is 11.8 Å². The third-order valence-electron chi connectivity index (χ3n) is 15.3. The fourth-order valence-electron chi connectivity index (χ4n) is 9.68. The molecule has 0 fully saturated rings. The third-order valence-corrected chi connectivity index (χ3v) is 17.2. The topological polar surface area (TPSA) is 237 Å². The quantitative estimate of drug-likeness (QED) is 0.0222. The molecule has 0 heterocycles. The highest BCUT2D eigenvalue weighted by Crippen LogP contribution is 2.45. The lowest BCUT2D eigenvalue weighted by molar-refractivity contribution is -0.161. The van der Waals surface area contributed by atoms with Crippen molar-refractivity contribution < 1.29 is 80.2 Å². The fraction of sp³-hybridized carbons (Fsp3) is 0.938. The van der Waals surface area contributed by atoms with Gasteiger partial charge in [-0.15, -0.1) is 0 Å². The molecule has 0 aliphatic heterocycles. The molecule has 0 aromatic heterocycles. The fourth-order valence-corrected chi connectivity index (χ4v) is 11.3. The second kappa shape index (κ2) is 57.5. The Hall–Kier alpha value is -1.94. The van der Waals surface area contributed by atoms with Gasteiger partial charge >= 0.3 is 39.5 Å². The Morgan fingerprint density at radius 1 is 0.345 bits per heavy atom. The molecule has 498 valence electrons. The van der Waals surface area contributed by atoms with Crippen LogP contribution in [-0.2, 0) is 65.4 Å². The van der Waals surface area contributed by atoms with Crippen LogP contribution in [0.1, 0.15) is 324 Å². The molecule has 0 aliphatic rings. The van der Waals surface area contributed by atoms with E-state index >= 15 is 0 Å². The van der Waals surface area contributed by atoms with Gasteiger partial charge in [0.15, 0.2) is 12.2 Å². The number of esters is 4. The second-order valence-electron chi connectivity index (χ2n) is 24.2. The summed E-state index contributed by atoms with van der Waals surface area (Å²) in [4.78, 5) is 72.2. The number of hydrogen-bond donors (Lipinski definition) is 3. The molecule has 0 aromatic carbocycles.